The molecule has 0 amide bonds. The number of ketones is 1. The lowest BCUT2D eigenvalue weighted by molar-refractivity contribution is 0.0936. The van der Waals surface area contributed by atoms with Crippen molar-refractivity contribution in [2.24, 2.45) is 11.8 Å². The second-order valence-corrected chi connectivity index (χ2v) is 5.15. The van der Waals surface area contributed by atoms with Crippen LogP contribution in [0.5, 0.6) is 0 Å². The van der Waals surface area contributed by atoms with E-state index in [9.17, 15) is 4.79 Å². The van der Waals surface area contributed by atoms with Gasteiger partial charge in [0.1, 0.15) is 5.92 Å². The Bertz CT molecular complexity index is 500. The van der Waals surface area contributed by atoms with Gasteiger partial charge in [-0.2, -0.15) is 5.26 Å². The number of hydrogen-bond donors (Lipinski definition) is 0. The van der Waals surface area contributed by atoms with Crippen molar-refractivity contribution in [1.29, 1.82) is 5.26 Å². The molecule has 1 aliphatic rings. The monoisotopic (exact) mass is 243 g/mol. The topological polar surface area (TPSA) is 50.1 Å². The summed E-state index contributed by atoms with van der Waals surface area (Å²) in [7, 11) is 0. The molecule has 94 valence electrons. The van der Waals surface area contributed by atoms with Crippen LogP contribution in [0.4, 0.5) is 0 Å². The Morgan fingerprint density at radius 3 is 2.78 bits per heavy atom. The molecule has 0 radical (unpaired) electrons. The van der Waals surface area contributed by atoms with Crippen molar-refractivity contribution < 1.29 is 9.53 Å². The van der Waals surface area contributed by atoms with Crippen LogP contribution in [0.2, 0.25) is 0 Å². The van der Waals surface area contributed by atoms with Gasteiger partial charge in [0.2, 0.25) is 0 Å². The van der Waals surface area contributed by atoms with Gasteiger partial charge in [0.05, 0.1) is 19.3 Å². The number of carbonyl (C=O) groups is 1. The van der Waals surface area contributed by atoms with E-state index in [0.717, 1.165) is 11.1 Å². The third-order valence-corrected chi connectivity index (χ3v) is 3.19. The minimum atomic E-state index is -0.537. The zero-order chi connectivity index (χ0) is 13.1. The molecule has 0 N–H and O–H groups in total. The molecule has 1 atom stereocenters. The van der Waals surface area contributed by atoms with E-state index in [4.69, 9.17) is 10.00 Å². The molecule has 1 aromatic rings. The number of fused-ring (bicyclic) bond motifs is 1. The van der Waals surface area contributed by atoms with Crippen molar-refractivity contribution in [3.05, 3.63) is 34.9 Å². The molecular formula is C15H17NO2. The van der Waals surface area contributed by atoms with Gasteiger partial charge in [0.15, 0.2) is 5.78 Å². The van der Waals surface area contributed by atoms with Crippen molar-refractivity contribution in [3.63, 3.8) is 0 Å². The number of nitrogens with zero attached hydrogens (tertiary/aromatic N) is 1. The molecule has 3 nitrogen and oxygen atoms in total. The molecule has 1 heterocycles. The fourth-order valence-electron chi connectivity index (χ4n) is 2.22. The summed E-state index contributed by atoms with van der Waals surface area (Å²) in [4.78, 5) is 12.2. The van der Waals surface area contributed by atoms with E-state index in [1.54, 1.807) is 6.07 Å². The van der Waals surface area contributed by atoms with Crippen LogP contribution in [-0.2, 0) is 18.0 Å². The first kappa shape index (κ1) is 12.8. The highest BCUT2D eigenvalue weighted by molar-refractivity contribution is 5.99. The molecule has 1 unspecified atom stereocenters. The van der Waals surface area contributed by atoms with Crippen molar-refractivity contribution in [2.45, 2.75) is 33.5 Å². The Hall–Kier alpha value is -1.66. The Morgan fingerprint density at radius 1 is 1.39 bits per heavy atom. The van der Waals surface area contributed by atoms with Crippen LogP contribution in [0.15, 0.2) is 18.2 Å². The van der Waals surface area contributed by atoms with Gasteiger partial charge in [0, 0.05) is 5.56 Å². The maximum Gasteiger partial charge on any atom is 0.179 e. The molecule has 0 aliphatic carbocycles. The van der Waals surface area contributed by atoms with Crippen molar-refractivity contribution in [2.75, 3.05) is 0 Å². The Morgan fingerprint density at radius 2 is 2.11 bits per heavy atom. The van der Waals surface area contributed by atoms with Gasteiger partial charge in [0.25, 0.3) is 0 Å². The second kappa shape index (κ2) is 5.32. The minimum Gasteiger partial charge on any atom is -0.372 e. The van der Waals surface area contributed by atoms with Gasteiger partial charge >= 0.3 is 0 Å². The van der Waals surface area contributed by atoms with E-state index >= 15 is 0 Å². The Kier molecular flexibility index (Phi) is 3.78. The van der Waals surface area contributed by atoms with Gasteiger partial charge < -0.3 is 4.74 Å². The molecule has 0 bridgehead atoms. The summed E-state index contributed by atoms with van der Waals surface area (Å²) in [5.74, 6) is -0.261. The third kappa shape index (κ3) is 2.60. The minimum absolute atomic E-state index is 0.0686. The quantitative estimate of drug-likeness (QED) is 0.763. The average molecular weight is 243 g/mol. The molecule has 3 heteroatoms. The highest BCUT2D eigenvalue weighted by Gasteiger charge is 2.22. The number of benzene rings is 1. The summed E-state index contributed by atoms with van der Waals surface area (Å²) in [5, 5.41) is 9.10. The predicted octanol–water partition coefficient (Wildman–Crippen LogP) is 3.09. The third-order valence-electron chi connectivity index (χ3n) is 3.19. The highest BCUT2D eigenvalue weighted by Crippen LogP contribution is 2.23. The van der Waals surface area contributed by atoms with E-state index < -0.39 is 5.92 Å². The summed E-state index contributed by atoms with van der Waals surface area (Å²) in [6.07, 6.45) is 0.614. The van der Waals surface area contributed by atoms with Crippen molar-refractivity contribution >= 4 is 5.78 Å². The molecule has 0 fully saturated rings. The summed E-state index contributed by atoms with van der Waals surface area (Å²) in [6, 6.07) is 7.72. The highest BCUT2D eigenvalue weighted by atomic mass is 16.5. The van der Waals surface area contributed by atoms with Gasteiger partial charge in [-0.15, -0.1) is 0 Å². The number of hydrogen-bond acceptors (Lipinski definition) is 3. The number of nitriles is 1. The summed E-state index contributed by atoms with van der Waals surface area (Å²) >= 11 is 0. The number of Topliss-reactive ketones (excluding diaryl/α,β-unsaturated/α-hetero) is 1. The van der Waals surface area contributed by atoms with Crippen LogP contribution in [0.3, 0.4) is 0 Å². The van der Waals surface area contributed by atoms with Gasteiger partial charge in [-0.3, -0.25) is 4.79 Å². The van der Waals surface area contributed by atoms with Crippen LogP contribution >= 0.6 is 0 Å². The molecule has 0 saturated carbocycles. The smallest absolute Gasteiger partial charge is 0.179 e. The molecule has 0 aromatic heterocycles. The molecule has 1 aliphatic heterocycles. The number of ether oxygens (including phenoxy) is 1. The van der Waals surface area contributed by atoms with E-state index in [1.807, 2.05) is 26.0 Å². The van der Waals surface area contributed by atoms with Crippen molar-refractivity contribution in [3.8, 4) is 6.07 Å². The lowest BCUT2D eigenvalue weighted by Crippen LogP contribution is -2.15. The maximum absolute atomic E-state index is 12.2. The van der Waals surface area contributed by atoms with Crippen LogP contribution < -0.4 is 0 Å². The molecular weight excluding hydrogens is 226 g/mol. The largest absolute Gasteiger partial charge is 0.372 e. The average Bonchev–Trinajstić information content (AvgIpc) is 2.81. The van der Waals surface area contributed by atoms with Crippen LogP contribution in [-0.4, -0.2) is 5.78 Å². The predicted molar refractivity (Wildman–Crippen MR) is 67.8 cm³/mol. The van der Waals surface area contributed by atoms with E-state index in [0.29, 0.717) is 31.1 Å². The molecule has 1 aromatic carbocycles. The van der Waals surface area contributed by atoms with E-state index in [2.05, 4.69) is 6.07 Å². The van der Waals surface area contributed by atoms with Gasteiger partial charge in [-0.05, 0) is 29.5 Å². The van der Waals surface area contributed by atoms with Crippen LogP contribution in [0, 0.1) is 23.2 Å². The number of rotatable bonds is 4. The SMILES string of the molecule is CC(C)CC(C#N)C(=O)c1ccc2c(c1)COC2. The molecule has 0 spiro atoms. The van der Waals surface area contributed by atoms with Gasteiger partial charge in [-0.1, -0.05) is 26.0 Å². The summed E-state index contributed by atoms with van der Waals surface area (Å²) in [5.41, 5.74) is 2.84. The Balaban J connectivity index is 2.20. The number of carbonyl (C=O) groups excluding carboxylic acids is 1. The van der Waals surface area contributed by atoms with Crippen LogP contribution in [0.1, 0.15) is 41.8 Å². The lowest BCUT2D eigenvalue weighted by atomic mass is 9.90. The first-order valence-electron chi connectivity index (χ1n) is 6.25. The van der Waals surface area contributed by atoms with E-state index in [1.165, 1.54) is 0 Å². The zero-order valence-electron chi connectivity index (χ0n) is 10.8. The molecule has 0 saturated heterocycles. The fourth-order valence-corrected chi connectivity index (χ4v) is 2.22. The van der Waals surface area contributed by atoms with E-state index in [-0.39, 0.29) is 5.78 Å². The first-order valence-corrected chi connectivity index (χ1v) is 6.25. The lowest BCUT2D eigenvalue weighted by Gasteiger charge is -2.11. The Labute approximate surface area is 107 Å². The zero-order valence-corrected chi connectivity index (χ0v) is 10.8. The first-order chi connectivity index (χ1) is 8.61. The van der Waals surface area contributed by atoms with Crippen LogP contribution in [0.25, 0.3) is 0 Å². The molecule has 18 heavy (non-hydrogen) atoms. The van der Waals surface area contributed by atoms with Gasteiger partial charge in [-0.25, -0.2) is 0 Å². The summed E-state index contributed by atoms with van der Waals surface area (Å²) in [6.45, 7) is 5.23. The fraction of sp³-hybridized carbons (Fsp3) is 0.467. The standard InChI is InChI=1S/C15H17NO2/c1-10(2)5-13(7-16)15(17)11-3-4-12-8-18-9-14(12)6-11/h3-4,6,10,13H,5,8-9H2,1-2H3. The second-order valence-electron chi connectivity index (χ2n) is 5.15. The van der Waals surface area contributed by atoms with Crippen molar-refractivity contribution in [1.82, 2.24) is 0 Å². The normalized spacial score (nSPS) is 15.2. The molecule has 2 rings (SSSR count). The summed E-state index contributed by atoms with van der Waals surface area (Å²) < 4.78 is 5.32. The maximum atomic E-state index is 12.2.